The molecule has 0 spiro atoms. The second-order valence-corrected chi connectivity index (χ2v) is 7.55. The zero-order valence-electron chi connectivity index (χ0n) is 14.1. The summed E-state index contributed by atoms with van der Waals surface area (Å²) >= 11 is 3.48. The van der Waals surface area contributed by atoms with Crippen LogP contribution in [-0.4, -0.2) is 16.7 Å². The molecular weight excluding hydrogens is 406 g/mol. The van der Waals surface area contributed by atoms with E-state index in [4.69, 9.17) is 4.99 Å². The van der Waals surface area contributed by atoms with Crippen molar-refractivity contribution in [3.05, 3.63) is 98.5 Å². The van der Waals surface area contributed by atoms with Gasteiger partial charge < -0.3 is 4.90 Å². The van der Waals surface area contributed by atoms with E-state index in [0.29, 0.717) is 0 Å². The lowest BCUT2D eigenvalue weighted by atomic mass is 10.0. The SMILES string of the molecule is O=[N+]([O-])c1ccc(C2C3C(c4ccc(Br)cc4)=Nc4ccccc4N32)cc1. The van der Waals surface area contributed by atoms with Crippen LogP contribution in [0.5, 0.6) is 0 Å². The van der Waals surface area contributed by atoms with Crippen LogP contribution in [0.15, 0.2) is 82.3 Å². The predicted octanol–water partition coefficient (Wildman–Crippen LogP) is 5.42. The van der Waals surface area contributed by atoms with E-state index in [2.05, 4.69) is 39.0 Å². The van der Waals surface area contributed by atoms with Gasteiger partial charge in [0.05, 0.1) is 34.1 Å². The highest BCUT2D eigenvalue weighted by atomic mass is 79.9. The molecule has 2 aliphatic heterocycles. The summed E-state index contributed by atoms with van der Waals surface area (Å²) in [7, 11) is 0. The number of aliphatic imine (C=N–C) groups is 1. The van der Waals surface area contributed by atoms with E-state index < -0.39 is 0 Å². The van der Waals surface area contributed by atoms with Gasteiger partial charge in [-0.1, -0.05) is 52.3 Å². The highest BCUT2D eigenvalue weighted by Gasteiger charge is 2.54. The first kappa shape index (κ1) is 16.2. The van der Waals surface area contributed by atoms with Gasteiger partial charge in [-0.05, 0) is 35.4 Å². The van der Waals surface area contributed by atoms with E-state index in [1.807, 2.05) is 42.5 Å². The Bertz CT molecular complexity index is 1080. The molecule has 27 heavy (non-hydrogen) atoms. The maximum Gasteiger partial charge on any atom is 0.269 e. The molecule has 3 aromatic rings. The number of anilines is 1. The number of fused-ring (bicyclic) bond motifs is 3. The number of nitrogens with zero attached hydrogens (tertiary/aromatic N) is 3. The second kappa shape index (κ2) is 6.03. The third kappa shape index (κ3) is 2.64. The lowest BCUT2D eigenvalue weighted by Gasteiger charge is -2.16. The quantitative estimate of drug-likeness (QED) is 0.323. The molecule has 0 N–H and O–H groups in total. The van der Waals surface area contributed by atoms with Gasteiger partial charge >= 0.3 is 0 Å². The van der Waals surface area contributed by atoms with E-state index in [1.54, 1.807) is 12.1 Å². The molecule has 6 heteroatoms. The Morgan fingerprint density at radius 2 is 1.63 bits per heavy atom. The van der Waals surface area contributed by atoms with E-state index in [-0.39, 0.29) is 22.7 Å². The van der Waals surface area contributed by atoms with Crippen molar-refractivity contribution >= 4 is 38.7 Å². The fraction of sp³-hybridized carbons (Fsp3) is 0.0952. The molecule has 2 aliphatic rings. The standard InChI is InChI=1S/C21H14BrN3O2/c22-15-9-5-13(6-10-15)19-21-20(14-7-11-16(12-8-14)25(26)27)24(21)18-4-2-1-3-17(18)23-19/h1-12,20-21H. The molecule has 1 saturated heterocycles. The number of rotatable bonds is 3. The summed E-state index contributed by atoms with van der Waals surface area (Å²) in [5.41, 5.74) is 5.35. The Morgan fingerprint density at radius 1 is 0.926 bits per heavy atom. The van der Waals surface area contributed by atoms with Gasteiger partial charge in [0.1, 0.15) is 0 Å². The van der Waals surface area contributed by atoms with Crippen LogP contribution in [-0.2, 0) is 0 Å². The van der Waals surface area contributed by atoms with Crippen LogP contribution in [0.3, 0.4) is 0 Å². The first-order valence-electron chi connectivity index (χ1n) is 8.60. The van der Waals surface area contributed by atoms with E-state index >= 15 is 0 Å². The normalized spacial score (nSPS) is 19.7. The number of nitro benzene ring substituents is 1. The van der Waals surface area contributed by atoms with Crippen LogP contribution in [0.2, 0.25) is 0 Å². The van der Waals surface area contributed by atoms with Gasteiger partial charge in [0.2, 0.25) is 0 Å². The number of halogens is 1. The maximum atomic E-state index is 10.9. The lowest BCUT2D eigenvalue weighted by Crippen LogP contribution is -2.17. The number of non-ortho nitro benzene ring substituents is 1. The smallest absolute Gasteiger partial charge is 0.269 e. The molecule has 5 nitrogen and oxygen atoms in total. The first-order chi connectivity index (χ1) is 13.1. The number of benzene rings is 3. The summed E-state index contributed by atoms with van der Waals surface area (Å²) in [5, 5.41) is 10.9. The third-order valence-corrected chi connectivity index (χ3v) is 5.60. The van der Waals surface area contributed by atoms with Gasteiger partial charge in [-0.2, -0.15) is 0 Å². The molecule has 3 aromatic carbocycles. The lowest BCUT2D eigenvalue weighted by molar-refractivity contribution is -0.384. The van der Waals surface area contributed by atoms with Gasteiger partial charge in [0, 0.05) is 16.6 Å². The van der Waals surface area contributed by atoms with Gasteiger partial charge in [0.25, 0.3) is 5.69 Å². The second-order valence-electron chi connectivity index (χ2n) is 6.64. The molecule has 0 saturated carbocycles. The average molecular weight is 420 g/mol. The van der Waals surface area contributed by atoms with Crippen LogP contribution in [0, 0.1) is 10.1 Å². The average Bonchev–Trinajstić information content (AvgIpc) is 3.44. The van der Waals surface area contributed by atoms with Crippen LogP contribution < -0.4 is 4.90 Å². The summed E-state index contributed by atoms with van der Waals surface area (Å²) in [6.07, 6.45) is 0. The minimum Gasteiger partial charge on any atom is -0.349 e. The van der Waals surface area contributed by atoms with Crippen LogP contribution >= 0.6 is 15.9 Å². The Hall–Kier alpha value is -2.99. The Balaban J connectivity index is 1.58. The van der Waals surface area contributed by atoms with Crippen molar-refractivity contribution in [1.82, 2.24) is 0 Å². The minimum absolute atomic E-state index is 0.111. The molecule has 0 aliphatic carbocycles. The van der Waals surface area contributed by atoms with E-state index in [9.17, 15) is 10.1 Å². The molecule has 1 fully saturated rings. The Morgan fingerprint density at radius 3 is 2.33 bits per heavy atom. The van der Waals surface area contributed by atoms with Crippen molar-refractivity contribution in [2.24, 2.45) is 4.99 Å². The topological polar surface area (TPSA) is 58.5 Å². The number of hydrogen-bond acceptors (Lipinski definition) is 4. The highest BCUT2D eigenvalue weighted by Crippen LogP contribution is 2.54. The monoisotopic (exact) mass is 419 g/mol. The molecule has 132 valence electrons. The molecule has 2 atom stereocenters. The number of hydrogen-bond donors (Lipinski definition) is 0. The minimum atomic E-state index is -0.367. The summed E-state index contributed by atoms with van der Waals surface area (Å²) in [6.45, 7) is 0. The van der Waals surface area contributed by atoms with Crippen molar-refractivity contribution in [2.45, 2.75) is 12.1 Å². The summed E-state index contributed by atoms with van der Waals surface area (Å²) in [4.78, 5) is 17.9. The molecule has 0 amide bonds. The largest absolute Gasteiger partial charge is 0.349 e. The molecule has 2 unspecified atom stereocenters. The number of nitro groups is 1. The third-order valence-electron chi connectivity index (χ3n) is 5.08. The molecular formula is C21H14BrN3O2. The van der Waals surface area contributed by atoms with E-state index in [1.165, 1.54) is 0 Å². The van der Waals surface area contributed by atoms with Crippen molar-refractivity contribution in [1.29, 1.82) is 0 Å². The number of para-hydroxylation sites is 2. The van der Waals surface area contributed by atoms with Crippen molar-refractivity contribution in [2.75, 3.05) is 4.90 Å². The van der Waals surface area contributed by atoms with E-state index in [0.717, 1.165) is 32.7 Å². The van der Waals surface area contributed by atoms with Gasteiger partial charge in [-0.3, -0.25) is 10.1 Å². The van der Waals surface area contributed by atoms with Crippen LogP contribution in [0.25, 0.3) is 0 Å². The Kier molecular flexibility index (Phi) is 3.62. The molecule has 0 aromatic heterocycles. The highest BCUT2D eigenvalue weighted by molar-refractivity contribution is 9.10. The molecule has 0 bridgehead atoms. The first-order valence-corrected chi connectivity index (χ1v) is 9.39. The van der Waals surface area contributed by atoms with Gasteiger partial charge in [0.15, 0.2) is 0 Å². The van der Waals surface area contributed by atoms with Gasteiger partial charge in [-0.15, -0.1) is 0 Å². The zero-order chi connectivity index (χ0) is 18.5. The molecule has 2 heterocycles. The fourth-order valence-corrected chi connectivity index (χ4v) is 4.04. The maximum absolute atomic E-state index is 10.9. The van der Waals surface area contributed by atoms with Crippen molar-refractivity contribution < 1.29 is 4.92 Å². The fourth-order valence-electron chi connectivity index (χ4n) is 3.78. The summed E-state index contributed by atoms with van der Waals surface area (Å²) < 4.78 is 1.03. The van der Waals surface area contributed by atoms with Crippen molar-refractivity contribution in [3.8, 4) is 0 Å². The predicted molar refractivity (Wildman–Crippen MR) is 109 cm³/mol. The van der Waals surface area contributed by atoms with Crippen molar-refractivity contribution in [3.63, 3.8) is 0 Å². The molecule has 0 radical (unpaired) electrons. The van der Waals surface area contributed by atoms with Crippen LogP contribution in [0.1, 0.15) is 17.2 Å². The Labute approximate surface area is 164 Å². The zero-order valence-corrected chi connectivity index (χ0v) is 15.7. The van der Waals surface area contributed by atoms with Crippen LogP contribution in [0.4, 0.5) is 17.1 Å². The molecule has 5 rings (SSSR count). The van der Waals surface area contributed by atoms with Gasteiger partial charge in [-0.25, -0.2) is 4.99 Å². The summed E-state index contributed by atoms with van der Waals surface area (Å²) in [6, 6.07) is 23.4. The summed E-state index contributed by atoms with van der Waals surface area (Å²) in [5.74, 6) is 0.